The molecule has 3 heteroatoms. The molecule has 0 bridgehead atoms. The van der Waals surface area contributed by atoms with Gasteiger partial charge in [0.15, 0.2) is 5.42 Å². The van der Waals surface area contributed by atoms with E-state index in [1.165, 1.54) is 0 Å². The van der Waals surface area contributed by atoms with Crippen LogP contribution in [-0.4, -0.2) is 4.98 Å². The van der Waals surface area contributed by atoms with Crippen LogP contribution in [0, 0.1) is 0 Å². The van der Waals surface area contributed by atoms with E-state index < -0.39 is 0 Å². The van der Waals surface area contributed by atoms with Crippen LogP contribution in [0.3, 0.4) is 0 Å². The second kappa shape index (κ2) is 3.44. The average Bonchev–Trinajstić information content (AvgIpc) is 2.32. The van der Waals surface area contributed by atoms with Gasteiger partial charge in [0.25, 0.3) is 5.22 Å². The number of nitrogens with zero attached hydrogens (tertiary/aromatic N) is 1. The second-order valence-electron chi connectivity index (χ2n) is 1.94. The van der Waals surface area contributed by atoms with Crippen LogP contribution >= 0.6 is 12.6 Å². The maximum atomic E-state index is 5.14. The molecule has 11 heavy (non-hydrogen) atoms. The monoisotopic (exact) mass is 167 g/mol. The Kier molecular flexibility index (Phi) is 2.54. The topological polar surface area (TPSA) is 26.0 Å². The summed E-state index contributed by atoms with van der Waals surface area (Å²) < 4.78 is 5.14. The zero-order chi connectivity index (χ0) is 8.27. The molecule has 0 amide bonds. The number of aromatic nitrogens is 1. The molecule has 1 rings (SSSR count). The summed E-state index contributed by atoms with van der Waals surface area (Å²) in [5.74, 6) is 0. The summed E-state index contributed by atoms with van der Waals surface area (Å²) in [4.78, 5) is 4.01. The highest BCUT2D eigenvalue weighted by atomic mass is 32.1. The van der Waals surface area contributed by atoms with E-state index in [1.54, 1.807) is 12.2 Å². The van der Waals surface area contributed by atoms with Crippen LogP contribution in [0.1, 0.15) is 6.92 Å². The lowest BCUT2D eigenvalue weighted by atomic mass is 10.4. The minimum atomic E-state index is 0.381. The predicted molar refractivity (Wildman–Crippen MR) is 47.8 cm³/mol. The number of hydrogen-bond donors (Lipinski definition) is 1. The molecule has 58 valence electrons. The van der Waals surface area contributed by atoms with Crippen molar-refractivity contribution in [1.29, 1.82) is 0 Å². The molecular formula is C8H9NOS. The predicted octanol–water partition coefficient (Wildman–Crippen LogP) is 0.730. The van der Waals surface area contributed by atoms with Crippen molar-refractivity contribution in [2.24, 2.45) is 0 Å². The summed E-state index contributed by atoms with van der Waals surface area (Å²) in [7, 11) is 0. The van der Waals surface area contributed by atoms with Gasteiger partial charge in [0, 0.05) is 0 Å². The lowest BCUT2D eigenvalue weighted by molar-refractivity contribution is 0.431. The molecule has 0 fully saturated rings. The molecule has 0 spiro atoms. The maximum Gasteiger partial charge on any atom is 0.253 e. The Morgan fingerprint density at radius 2 is 2.36 bits per heavy atom. The molecule has 1 aromatic rings. The first-order valence-electron chi connectivity index (χ1n) is 3.23. The zero-order valence-corrected chi connectivity index (χ0v) is 7.14. The van der Waals surface area contributed by atoms with E-state index in [1.807, 2.05) is 13.0 Å². The molecule has 0 aliphatic carbocycles. The molecule has 0 saturated carbocycles. The van der Waals surface area contributed by atoms with E-state index >= 15 is 0 Å². The van der Waals surface area contributed by atoms with E-state index in [9.17, 15) is 0 Å². The number of thiol groups is 1. The molecule has 1 aromatic heterocycles. The van der Waals surface area contributed by atoms with Gasteiger partial charge in [-0.25, -0.2) is 4.98 Å². The highest BCUT2D eigenvalue weighted by Gasteiger charge is 1.92. The Morgan fingerprint density at radius 3 is 2.91 bits per heavy atom. The summed E-state index contributed by atoms with van der Waals surface area (Å²) in [6.45, 7) is 5.45. The Hall–Kier alpha value is -0.960. The van der Waals surface area contributed by atoms with E-state index in [-0.39, 0.29) is 0 Å². The van der Waals surface area contributed by atoms with Crippen LogP contribution in [0.15, 0.2) is 22.3 Å². The molecule has 2 nitrogen and oxygen atoms in total. The van der Waals surface area contributed by atoms with Crippen LogP contribution in [0.2, 0.25) is 0 Å². The molecule has 0 unspecified atom stereocenters. The number of oxazole rings is 1. The van der Waals surface area contributed by atoms with Crippen molar-refractivity contribution < 1.29 is 4.42 Å². The fourth-order valence-corrected chi connectivity index (χ4v) is 0.971. The van der Waals surface area contributed by atoms with Crippen molar-refractivity contribution in [3.05, 3.63) is 23.4 Å². The van der Waals surface area contributed by atoms with Crippen molar-refractivity contribution in [2.75, 3.05) is 0 Å². The lowest BCUT2D eigenvalue weighted by Gasteiger charge is -1.71. The van der Waals surface area contributed by atoms with Crippen molar-refractivity contribution in [3.8, 4) is 0 Å². The Labute approximate surface area is 70.4 Å². The zero-order valence-electron chi connectivity index (χ0n) is 6.24. The molecule has 0 saturated heterocycles. The standard InChI is InChI=1S/C8H9NOS/c1-3-5-7-6(4-2)9-8(11)10-7/h3-5H,1H2,2H3,(H,9,11)/b6-4+,7-5+. The Balaban J connectivity index is 3.47. The van der Waals surface area contributed by atoms with Crippen LogP contribution in [0.4, 0.5) is 0 Å². The average molecular weight is 167 g/mol. The van der Waals surface area contributed by atoms with Gasteiger partial charge in [0.1, 0.15) is 5.35 Å². The third-order valence-electron chi connectivity index (χ3n) is 1.21. The largest absolute Gasteiger partial charge is 0.432 e. The van der Waals surface area contributed by atoms with Crippen molar-refractivity contribution >= 4 is 24.8 Å². The summed E-state index contributed by atoms with van der Waals surface area (Å²) >= 11 is 3.97. The van der Waals surface area contributed by atoms with E-state index in [0.29, 0.717) is 10.6 Å². The normalized spacial score (nSPS) is 14.0. The van der Waals surface area contributed by atoms with Gasteiger partial charge in [-0.3, -0.25) is 0 Å². The fourth-order valence-electron chi connectivity index (χ4n) is 0.765. The van der Waals surface area contributed by atoms with Gasteiger partial charge in [0.2, 0.25) is 0 Å². The van der Waals surface area contributed by atoms with Gasteiger partial charge < -0.3 is 4.42 Å². The first-order valence-corrected chi connectivity index (χ1v) is 3.67. The summed E-state index contributed by atoms with van der Waals surface area (Å²) in [6, 6.07) is 0. The van der Waals surface area contributed by atoms with Gasteiger partial charge in [-0.1, -0.05) is 31.4 Å². The van der Waals surface area contributed by atoms with Crippen LogP contribution in [-0.2, 0) is 0 Å². The Morgan fingerprint density at radius 1 is 1.64 bits per heavy atom. The molecule has 0 aromatic carbocycles. The maximum absolute atomic E-state index is 5.14. The minimum absolute atomic E-state index is 0.381. The molecular weight excluding hydrogens is 158 g/mol. The Bertz CT molecular complexity index is 364. The summed E-state index contributed by atoms with van der Waals surface area (Å²) in [5.41, 5.74) is 0.701. The lowest BCUT2D eigenvalue weighted by Crippen LogP contribution is -2.20. The van der Waals surface area contributed by atoms with Gasteiger partial charge in [-0.05, 0) is 13.0 Å². The van der Waals surface area contributed by atoms with Crippen LogP contribution < -0.4 is 10.8 Å². The quantitative estimate of drug-likeness (QED) is 0.624. The number of allylic oxidation sites excluding steroid dienone is 1. The van der Waals surface area contributed by atoms with E-state index in [2.05, 4.69) is 24.2 Å². The van der Waals surface area contributed by atoms with Crippen molar-refractivity contribution in [1.82, 2.24) is 4.98 Å². The van der Waals surface area contributed by atoms with Crippen molar-refractivity contribution in [3.63, 3.8) is 0 Å². The highest BCUT2D eigenvalue weighted by molar-refractivity contribution is 7.80. The molecule has 0 N–H and O–H groups in total. The second-order valence-corrected chi connectivity index (χ2v) is 2.32. The van der Waals surface area contributed by atoms with Gasteiger partial charge in [-0.2, -0.15) is 0 Å². The summed E-state index contributed by atoms with van der Waals surface area (Å²) in [5, 5.41) is 1.18. The number of hydrogen-bond acceptors (Lipinski definition) is 3. The molecule has 0 radical (unpaired) electrons. The summed E-state index contributed by atoms with van der Waals surface area (Å²) in [6.07, 6.45) is 5.27. The number of rotatable bonds is 1. The van der Waals surface area contributed by atoms with Crippen LogP contribution in [0.5, 0.6) is 0 Å². The minimum Gasteiger partial charge on any atom is -0.432 e. The first-order chi connectivity index (χ1) is 5.27. The first kappa shape index (κ1) is 8.14. The molecule has 1 heterocycles. The van der Waals surface area contributed by atoms with E-state index in [4.69, 9.17) is 4.42 Å². The third kappa shape index (κ3) is 1.74. The highest BCUT2D eigenvalue weighted by Crippen LogP contribution is 1.90. The van der Waals surface area contributed by atoms with Gasteiger partial charge >= 0.3 is 0 Å². The third-order valence-corrected chi connectivity index (χ3v) is 1.40. The van der Waals surface area contributed by atoms with E-state index in [0.717, 1.165) is 5.35 Å². The fraction of sp³-hybridized carbons (Fsp3) is 0.125. The molecule has 0 atom stereocenters. The molecule has 0 aliphatic heterocycles. The van der Waals surface area contributed by atoms with Crippen LogP contribution in [0.25, 0.3) is 12.2 Å². The van der Waals surface area contributed by atoms with Gasteiger partial charge in [-0.15, -0.1) is 0 Å². The smallest absolute Gasteiger partial charge is 0.253 e. The molecule has 0 aliphatic rings. The van der Waals surface area contributed by atoms with Crippen molar-refractivity contribution in [2.45, 2.75) is 12.1 Å². The SMILES string of the molecule is C=C/C=c1/oc(S)n/c1=C/C. The van der Waals surface area contributed by atoms with Gasteiger partial charge in [0.05, 0.1) is 0 Å².